The molecule has 2 aliphatic carbocycles. The molecule has 0 saturated heterocycles. The lowest BCUT2D eigenvalue weighted by atomic mass is 9.86. The van der Waals surface area contributed by atoms with Crippen molar-refractivity contribution in [3.63, 3.8) is 0 Å². The highest BCUT2D eigenvalue weighted by Gasteiger charge is 2.16. The first-order valence-electron chi connectivity index (χ1n) is 9.27. The molecule has 2 aliphatic rings. The lowest BCUT2D eigenvalue weighted by Crippen LogP contribution is -2.22. The molecule has 2 aromatic carbocycles. The van der Waals surface area contributed by atoms with Gasteiger partial charge in [-0.25, -0.2) is 0 Å². The number of hydrogen-bond acceptors (Lipinski definition) is 1. The molecule has 0 saturated carbocycles. The summed E-state index contributed by atoms with van der Waals surface area (Å²) in [6.45, 7) is 2.29. The summed E-state index contributed by atoms with van der Waals surface area (Å²) < 4.78 is 3.00. The predicted octanol–water partition coefficient (Wildman–Crippen LogP) is 3.98. The zero-order chi connectivity index (χ0) is 17.8. The van der Waals surface area contributed by atoms with Crippen molar-refractivity contribution in [1.29, 1.82) is 0 Å². The minimum absolute atomic E-state index is 1.02. The molecule has 5 rings (SSSR count). The molecule has 0 unspecified atom stereocenters. The standard InChI is InChI=1S/C23H21BrN2/c1-14-5-3-6-16-15(14)9-10-19-17-7-4-8-21(20(17)12-11-18(16)19)23-22(24)13-25-26(23)2/h4,7-10,12-13H,3,5-6,11H2,1-2H3. The van der Waals surface area contributed by atoms with Gasteiger partial charge in [-0.2, -0.15) is 5.10 Å². The summed E-state index contributed by atoms with van der Waals surface area (Å²) >= 11 is 3.67. The summed E-state index contributed by atoms with van der Waals surface area (Å²) in [5.74, 6) is 0. The first kappa shape index (κ1) is 16.1. The van der Waals surface area contributed by atoms with Crippen LogP contribution in [0.4, 0.5) is 0 Å². The van der Waals surface area contributed by atoms with Crippen LogP contribution >= 0.6 is 15.9 Å². The fourth-order valence-electron chi connectivity index (χ4n) is 4.67. The second-order valence-electron chi connectivity index (χ2n) is 7.39. The van der Waals surface area contributed by atoms with E-state index in [1.165, 1.54) is 51.3 Å². The first-order valence-corrected chi connectivity index (χ1v) is 10.1. The van der Waals surface area contributed by atoms with E-state index in [1.54, 1.807) is 11.1 Å². The van der Waals surface area contributed by atoms with Gasteiger partial charge in [0.25, 0.3) is 0 Å². The third-order valence-corrected chi connectivity index (χ3v) is 6.51. The van der Waals surface area contributed by atoms with Gasteiger partial charge in [0.1, 0.15) is 0 Å². The highest BCUT2D eigenvalue weighted by molar-refractivity contribution is 9.10. The van der Waals surface area contributed by atoms with Crippen molar-refractivity contribution in [1.82, 2.24) is 9.78 Å². The summed E-state index contributed by atoms with van der Waals surface area (Å²) in [6.07, 6.45) is 9.04. The normalized spacial score (nSPS) is 15.1. The maximum absolute atomic E-state index is 4.40. The quantitative estimate of drug-likeness (QED) is 0.599. The van der Waals surface area contributed by atoms with Gasteiger partial charge in [-0.1, -0.05) is 42.0 Å². The Labute approximate surface area is 161 Å². The molecular formula is C23H21BrN2. The Kier molecular flexibility index (Phi) is 3.68. The lowest BCUT2D eigenvalue weighted by Gasteiger charge is -2.19. The molecule has 26 heavy (non-hydrogen) atoms. The molecule has 0 N–H and O–H groups in total. The van der Waals surface area contributed by atoms with E-state index in [4.69, 9.17) is 0 Å². The van der Waals surface area contributed by atoms with Gasteiger partial charge in [0.05, 0.1) is 16.4 Å². The van der Waals surface area contributed by atoms with E-state index in [0.717, 1.165) is 16.6 Å². The Bertz CT molecular complexity index is 1250. The number of fused-ring (bicyclic) bond motifs is 4. The highest BCUT2D eigenvalue weighted by atomic mass is 79.9. The van der Waals surface area contributed by atoms with Gasteiger partial charge >= 0.3 is 0 Å². The highest BCUT2D eigenvalue weighted by Crippen LogP contribution is 2.26. The Morgan fingerprint density at radius 1 is 1.00 bits per heavy atom. The molecule has 2 nitrogen and oxygen atoms in total. The Morgan fingerprint density at radius 3 is 2.65 bits per heavy atom. The molecule has 0 atom stereocenters. The molecule has 3 aromatic rings. The third-order valence-electron chi connectivity index (χ3n) is 5.93. The Hall–Kier alpha value is -2.13. The minimum atomic E-state index is 1.02. The SMILES string of the molecule is CC1=c2ccc3c(c2CCC1)CC=c1c(-c2c(Br)cnn2C)cccc1=3. The van der Waals surface area contributed by atoms with Crippen LogP contribution in [0, 0.1) is 10.4 Å². The summed E-state index contributed by atoms with van der Waals surface area (Å²) in [7, 11) is 2.01. The average molecular weight is 405 g/mol. The van der Waals surface area contributed by atoms with Crippen molar-refractivity contribution in [3.8, 4) is 11.3 Å². The van der Waals surface area contributed by atoms with Crippen LogP contribution in [0.3, 0.4) is 0 Å². The molecule has 0 bridgehead atoms. The summed E-state index contributed by atoms with van der Waals surface area (Å²) in [6, 6.07) is 11.3. The topological polar surface area (TPSA) is 17.8 Å². The smallest absolute Gasteiger partial charge is 0.0827 e. The number of benzene rings is 2. The first-order chi connectivity index (χ1) is 12.6. The molecule has 3 heteroatoms. The van der Waals surface area contributed by atoms with Gasteiger partial charge < -0.3 is 0 Å². The second-order valence-corrected chi connectivity index (χ2v) is 8.25. The van der Waals surface area contributed by atoms with Crippen molar-refractivity contribution in [2.45, 2.75) is 32.6 Å². The van der Waals surface area contributed by atoms with Crippen molar-refractivity contribution < 1.29 is 0 Å². The van der Waals surface area contributed by atoms with Crippen molar-refractivity contribution >= 4 is 27.6 Å². The number of nitrogens with zero attached hydrogens (tertiary/aromatic N) is 2. The van der Waals surface area contributed by atoms with Gasteiger partial charge in [-0.05, 0) is 80.5 Å². The van der Waals surface area contributed by atoms with Gasteiger partial charge in [0.2, 0.25) is 0 Å². The number of hydrogen-bond donors (Lipinski definition) is 0. The molecule has 130 valence electrons. The molecule has 0 fully saturated rings. The van der Waals surface area contributed by atoms with Crippen LogP contribution in [0.5, 0.6) is 0 Å². The molecule has 0 amide bonds. The lowest BCUT2D eigenvalue weighted by molar-refractivity contribution is 0.775. The molecule has 1 aromatic heterocycles. The molecule has 0 aliphatic heterocycles. The van der Waals surface area contributed by atoms with E-state index in [2.05, 4.69) is 64.4 Å². The Morgan fingerprint density at radius 2 is 1.85 bits per heavy atom. The van der Waals surface area contributed by atoms with Gasteiger partial charge in [0.15, 0.2) is 0 Å². The van der Waals surface area contributed by atoms with Gasteiger partial charge in [-0.15, -0.1) is 0 Å². The number of rotatable bonds is 1. The van der Waals surface area contributed by atoms with Crippen LogP contribution in [-0.4, -0.2) is 9.78 Å². The summed E-state index contributed by atoms with van der Waals surface area (Å²) in [5, 5.41) is 10.00. The maximum atomic E-state index is 4.40. The number of aromatic nitrogens is 2. The zero-order valence-corrected chi connectivity index (χ0v) is 16.7. The van der Waals surface area contributed by atoms with Crippen LogP contribution in [0.15, 0.2) is 41.0 Å². The van der Waals surface area contributed by atoms with Crippen molar-refractivity contribution in [2.24, 2.45) is 7.05 Å². The zero-order valence-electron chi connectivity index (χ0n) is 15.1. The minimum Gasteiger partial charge on any atom is -0.267 e. The Balaban J connectivity index is 1.92. The maximum Gasteiger partial charge on any atom is 0.0827 e. The van der Waals surface area contributed by atoms with Crippen LogP contribution in [0.25, 0.3) is 22.9 Å². The number of halogens is 1. The van der Waals surface area contributed by atoms with Crippen LogP contribution in [0.1, 0.15) is 30.9 Å². The fraction of sp³-hybridized carbons (Fsp3) is 0.261. The second kappa shape index (κ2) is 5.95. The van der Waals surface area contributed by atoms with E-state index in [0.29, 0.717) is 0 Å². The number of aryl methyl sites for hydroxylation is 1. The van der Waals surface area contributed by atoms with Crippen LogP contribution in [-0.2, 0) is 19.9 Å². The molecule has 0 radical (unpaired) electrons. The van der Waals surface area contributed by atoms with E-state index < -0.39 is 0 Å². The summed E-state index contributed by atoms with van der Waals surface area (Å²) in [4.78, 5) is 0. The fourth-order valence-corrected chi connectivity index (χ4v) is 5.23. The van der Waals surface area contributed by atoms with E-state index in [9.17, 15) is 0 Å². The van der Waals surface area contributed by atoms with Crippen LogP contribution in [0.2, 0.25) is 0 Å². The van der Waals surface area contributed by atoms with Gasteiger partial charge in [0, 0.05) is 12.6 Å². The van der Waals surface area contributed by atoms with Crippen LogP contribution < -0.4 is 10.4 Å². The van der Waals surface area contributed by atoms with E-state index in [-0.39, 0.29) is 0 Å². The third kappa shape index (κ3) is 2.26. The molecule has 0 spiro atoms. The van der Waals surface area contributed by atoms with Gasteiger partial charge in [-0.3, -0.25) is 4.68 Å². The van der Waals surface area contributed by atoms with E-state index >= 15 is 0 Å². The average Bonchev–Trinajstić information content (AvgIpc) is 2.99. The molecule has 1 heterocycles. The van der Waals surface area contributed by atoms with Crippen molar-refractivity contribution in [3.05, 3.63) is 73.0 Å². The monoisotopic (exact) mass is 404 g/mol. The van der Waals surface area contributed by atoms with E-state index in [1.807, 2.05) is 17.9 Å². The van der Waals surface area contributed by atoms with Crippen molar-refractivity contribution in [2.75, 3.05) is 0 Å². The largest absolute Gasteiger partial charge is 0.267 e. The summed E-state index contributed by atoms with van der Waals surface area (Å²) in [5.41, 5.74) is 7.06. The molecular weight excluding hydrogens is 384 g/mol. The predicted molar refractivity (Wildman–Crippen MR) is 110 cm³/mol.